The Bertz CT molecular complexity index is 727. The highest BCUT2D eigenvalue weighted by Gasteiger charge is 2.13. The minimum Gasteiger partial charge on any atom is -0.467 e. The number of anilines is 1. The smallest absolute Gasteiger partial charge is 0.407 e. The number of benzene rings is 1. The Morgan fingerprint density at radius 3 is 2.32 bits per heavy atom. The first kappa shape index (κ1) is 18.2. The molecule has 1 aromatic carbocycles. The van der Waals surface area contributed by atoms with Crippen molar-refractivity contribution < 1.29 is 19.1 Å². The number of hydrogen-bond donors (Lipinski definition) is 2. The van der Waals surface area contributed by atoms with Crippen molar-refractivity contribution in [2.45, 2.75) is 20.5 Å². The minimum absolute atomic E-state index is 0.138. The van der Waals surface area contributed by atoms with Crippen LogP contribution in [0.1, 0.15) is 17.0 Å². The molecule has 8 heteroatoms. The summed E-state index contributed by atoms with van der Waals surface area (Å²) in [6, 6.07) is 9.50. The van der Waals surface area contributed by atoms with Crippen LogP contribution < -0.4 is 15.4 Å². The highest BCUT2D eigenvalue weighted by atomic mass is 16.5. The number of methoxy groups -OCH3 is 1. The van der Waals surface area contributed by atoms with Crippen LogP contribution in [-0.2, 0) is 16.1 Å². The van der Waals surface area contributed by atoms with Gasteiger partial charge >= 0.3 is 12.1 Å². The summed E-state index contributed by atoms with van der Waals surface area (Å²) in [6.07, 6.45) is -0.668. The molecule has 0 aliphatic carbocycles. The number of aromatic nitrogens is 2. The number of alkyl carbamates (subject to hydrolysis) is 1. The summed E-state index contributed by atoms with van der Waals surface area (Å²) in [6.45, 7) is 3.38. The first-order chi connectivity index (χ1) is 12.0. The zero-order valence-electron chi connectivity index (χ0n) is 14.3. The Balaban J connectivity index is 1.81. The third kappa shape index (κ3) is 5.45. The Kier molecular flexibility index (Phi) is 6.27. The van der Waals surface area contributed by atoms with Crippen molar-refractivity contribution >= 4 is 17.7 Å². The molecule has 0 spiro atoms. The van der Waals surface area contributed by atoms with Crippen LogP contribution >= 0.6 is 0 Å². The van der Waals surface area contributed by atoms with Gasteiger partial charge in [0, 0.05) is 0 Å². The summed E-state index contributed by atoms with van der Waals surface area (Å²) in [5, 5.41) is 5.06. The molecule has 1 aromatic heterocycles. The van der Waals surface area contributed by atoms with Crippen molar-refractivity contribution in [3.8, 4) is 6.01 Å². The molecule has 0 saturated heterocycles. The third-order valence-corrected chi connectivity index (χ3v) is 3.30. The minimum atomic E-state index is -0.668. The van der Waals surface area contributed by atoms with Crippen LogP contribution in [0.3, 0.4) is 0 Å². The predicted molar refractivity (Wildman–Crippen MR) is 91.3 cm³/mol. The number of carbonyl (C=O) groups is 2. The van der Waals surface area contributed by atoms with Crippen molar-refractivity contribution in [3.05, 3.63) is 47.3 Å². The number of hydrogen-bond acceptors (Lipinski definition) is 6. The molecule has 8 nitrogen and oxygen atoms in total. The van der Waals surface area contributed by atoms with Crippen molar-refractivity contribution in [2.75, 3.05) is 19.0 Å². The Labute approximate surface area is 145 Å². The first-order valence-corrected chi connectivity index (χ1v) is 7.63. The van der Waals surface area contributed by atoms with E-state index < -0.39 is 12.0 Å². The lowest BCUT2D eigenvalue weighted by Gasteiger charge is -2.12. The zero-order chi connectivity index (χ0) is 18.2. The molecule has 2 N–H and O–H groups in total. The molecule has 0 aliphatic heterocycles. The fourth-order valence-corrected chi connectivity index (χ4v) is 2.07. The summed E-state index contributed by atoms with van der Waals surface area (Å²) >= 11 is 0. The van der Waals surface area contributed by atoms with E-state index in [1.807, 2.05) is 30.3 Å². The fourth-order valence-electron chi connectivity index (χ4n) is 2.07. The van der Waals surface area contributed by atoms with E-state index in [4.69, 9.17) is 9.47 Å². The van der Waals surface area contributed by atoms with Gasteiger partial charge in [-0.1, -0.05) is 30.3 Å². The highest BCUT2D eigenvalue weighted by Crippen LogP contribution is 2.18. The number of nitrogens with one attached hydrogen (secondary N) is 2. The third-order valence-electron chi connectivity index (χ3n) is 3.30. The fraction of sp³-hybridized carbons (Fsp3) is 0.294. The summed E-state index contributed by atoms with van der Waals surface area (Å²) < 4.78 is 10.0. The molecular formula is C17H20N4O4. The summed E-state index contributed by atoms with van der Waals surface area (Å²) in [7, 11) is 1.47. The molecule has 1 heterocycles. The van der Waals surface area contributed by atoms with E-state index in [0.29, 0.717) is 17.1 Å². The molecule has 2 rings (SSSR count). The van der Waals surface area contributed by atoms with Crippen LogP contribution in [0.4, 0.5) is 10.5 Å². The Hall–Kier alpha value is -3.16. The maximum atomic E-state index is 12.0. The van der Waals surface area contributed by atoms with Gasteiger partial charge in [-0.05, 0) is 19.4 Å². The molecule has 0 fully saturated rings. The number of rotatable bonds is 6. The van der Waals surface area contributed by atoms with E-state index in [0.717, 1.165) is 5.56 Å². The van der Waals surface area contributed by atoms with Gasteiger partial charge in [-0.15, -0.1) is 0 Å². The average molecular weight is 344 g/mol. The summed E-state index contributed by atoms with van der Waals surface area (Å²) in [4.78, 5) is 31.8. The van der Waals surface area contributed by atoms with Gasteiger partial charge in [-0.3, -0.25) is 4.79 Å². The van der Waals surface area contributed by atoms with Crippen molar-refractivity contribution in [3.63, 3.8) is 0 Å². The average Bonchev–Trinajstić information content (AvgIpc) is 2.61. The molecule has 132 valence electrons. The van der Waals surface area contributed by atoms with Crippen LogP contribution in [0.5, 0.6) is 6.01 Å². The standard InChI is InChI=1S/C17H20N4O4/c1-11-15(12(2)20-16(19-11)24-3)21-14(22)9-18-17(23)25-10-13-7-5-4-6-8-13/h4-8H,9-10H2,1-3H3,(H,18,23)(H,21,22). The van der Waals surface area contributed by atoms with E-state index in [2.05, 4.69) is 20.6 Å². The lowest BCUT2D eigenvalue weighted by molar-refractivity contribution is -0.115. The lowest BCUT2D eigenvalue weighted by Crippen LogP contribution is -2.33. The van der Waals surface area contributed by atoms with E-state index >= 15 is 0 Å². The Morgan fingerprint density at radius 2 is 1.72 bits per heavy atom. The van der Waals surface area contributed by atoms with Crippen LogP contribution in [0.2, 0.25) is 0 Å². The first-order valence-electron chi connectivity index (χ1n) is 7.63. The van der Waals surface area contributed by atoms with E-state index in [1.54, 1.807) is 13.8 Å². The molecule has 0 radical (unpaired) electrons. The van der Waals surface area contributed by atoms with Gasteiger partial charge in [0.1, 0.15) is 13.2 Å². The van der Waals surface area contributed by atoms with Crippen LogP contribution in [0.15, 0.2) is 30.3 Å². The summed E-state index contributed by atoms with van der Waals surface area (Å²) in [5.41, 5.74) is 2.50. The second kappa shape index (κ2) is 8.62. The molecule has 25 heavy (non-hydrogen) atoms. The van der Waals surface area contributed by atoms with Gasteiger partial charge < -0.3 is 20.1 Å². The highest BCUT2D eigenvalue weighted by molar-refractivity contribution is 5.94. The Morgan fingerprint density at radius 1 is 1.08 bits per heavy atom. The number of nitrogens with zero attached hydrogens (tertiary/aromatic N) is 2. The van der Waals surface area contributed by atoms with Crippen molar-refractivity contribution in [2.24, 2.45) is 0 Å². The van der Waals surface area contributed by atoms with Crippen molar-refractivity contribution in [1.82, 2.24) is 15.3 Å². The van der Waals surface area contributed by atoms with Gasteiger partial charge in [0.2, 0.25) is 5.91 Å². The second-order valence-corrected chi connectivity index (χ2v) is 5.22. The molecule has 0 atom stereocenters. The monoisotopic (exact) mass is 344 g/mol. The molecule has 0 bridgehead atoms. The molecule has 0 unspecified atom stereocenters. The molecule has 0 saturated carbocycles. The van der Waals surface area contributed by atoms with E-state index in [1.165, 1.54) is 7.11 Å². The quantitative estimate of drug-likeness (QED) is 0.830. The SMILES string of the molecule is COc1nc(C)c(NC(=O)CNC(=O)OCc2ccccc2)c(C)n1. The molecule has 2 amide bonds. The lowest BCUT2D eigenvalue weighted by atomic mass is 10.2. The van der Waals surface area contributed by atoms with E-state index in [-0.39, 0.29) is 19.2 Å². The normalized spacial score (nSPS) is 10.0. The van der Waals surface area contributed by atoms with Crippen LogP contribution in [-0.4, -0.2) is 35.6 Å². The zero-order valence-corrected chi connectivity index (χ0v) is 14.3. The van der Waals surface area contributed by atoms with Gasteiger partial charge in [-0.2, -0.15) is 9.97 Å². The number of carbonyl (C=O) groups excluding carboxylic acids is 2. The number of amides is 2. The largest absolute Gasteiger partial charge is 0.467 e. The number of aryl methyl sites for hydroxylation is 2. The van der Waals surface area contributed by atoms with Gasteiger partial charge in [0.25, 0.3) is 0 Å². The number of ether oxygens (including phenoxy) is 2. The summed E-state index contributed by atoms with van der Waals surface area (Å²) in [5.74, 6) is -0.406. The van der Waals surface area contributed by atoms with Crippen LogP contribution in [0, 0.1) is 13.8 Å². The topological polar surface area (TPSA) is 102 Å². The second-order valence-electron chi connectivity index (χ2n) is 5.22. The maximum absolute atomic E-state index is 12.0. The van der Waals surface area contributed by atoms with Gasteiger partial charge in [0.15, 0.2) is 0 Å². The predicted octanol–water partition coefficient (Wildman–Crippen LogP) is 1.97. The van der Waals surface area contributed by atoms with Gasteiger partial charge in [0.05, 0.1) is 24.2 Å². The van der Waals surface area contributed by atoms with E-state index in [9.17, 15) is 9.59 Å². The molecule has 0 aliphatic rings. The van der Waals surface area contributed by atoms with Crippen LogP contribution in [0.25, 0.3) is 0 Å². The van der Waals surface area contributed by atoms with Gasteiger partial charge in [-0.25, -0.2) is 4.79 Å². The molecule has 2 aromatic rings. The molecular weight excluding hydrogens is 324 g/mol. The maximum Gasteiger partial charge on any atom is 0.407 e. The van der Waals surface area contributed by atoms with Crippen molar-refractivity contribution in [1.29, 1.82) is 0 Å².